The van der Waals surface area contributed by atoms with Crippen molar-refractivity contribution in [1.29, 1.82) is 0 Å². The SMILES string of the molecule is O=C(O)C(Nc1ccc([N+](=O)[O-])cc1)c1ccccc1. The largest absolute Gasteiger partial charge is 0.479 e. The summed E-state index contributed by atoms with van der Waals surface area (Å²) in [7, 11) is 0. The van der Waals surface area contributed by atoms with Gasteiger partial charge in [-0.05, 0) is 17.7 Å². The van der Waals surface area contributed by atoms with Crippen LogP contribution in [0.5, 0.6) is 0 Å². The third kappa shape index (κ3) is 3.11. The molecule has 1 unspecified atom stereocenters. The van der Waals surface area contributed by atoms with Gasteiger partial charge >= 0.3 is 5.97 Å². The summed E-state index contributed by atoms with van der Waals surface area (Å²) in [6.45, 7) is 0. The lowest BCUT2D eigenvalue weighted by Crippen LogP contribution is -2.20. The molecule has 0 aliphatic rings. The number of anilines is 1. The average molecular weight is 272 g/mol. The minimum absolute atomic E-state index is 0.0397. The molecule has 102 valence electrons. The lowest BCUT2D eigenvalue weighted by Gasteiger charge is -2.15. The number of carboxylic acids is 1. The molecule has 0 amide bonds. The summed E-state index contributed by atoms with van der Waals surface area (Å²) in [6.07, 6.45) is 0. The number of hydrogen-bond acceptors (Lipinski definition) is 4. The lowest BCUT2D eigenvalue weighted by atomic mass is 10.1. The highest BCUT2D eigenvalue weighted by Gasteiger charge is 2.19. The van der Waals surface area contributed by atoms with Gasteiger partial charge < -0.3 is 10.4 Å². The van der Waals surface area contributed by atoms with Crippen molar-refractivity contribution in [1.82, 2.24) is 0 Å². The number of nitro benzene ring substituents is 1. The van der Waals surface area contributed by atoms with Gasteiger partial charge in [0, 0.05) is 17.8 Å². The number of rotatable bonds is 5. The summed E-state index contributed by atoms with van der Waals surface area (Å²) in [5.41, 5.74) is 1.08. The Labute approximate surface area is 114 Å². The highest BCUT2D eigenvalue weighted by Crippen LogP contribution is 2.22. The minimum Gasteiger partial charge on any atom is -0.479 e. The third-order valence-electron chi connectivity index (χ3n) is 2.77. The fraction of sp³-hybridized carbons (Fsp3) is 0.0714. The van der Waals surface area contributed by atoms with Crippen LogP contribution in [0.2, 0.25) is 0 Å². The van der Waals surface area contributed by atoms with Crippen LogP contribution in [0.4, 0.5) is 11.4 Å². The van der Waals surface area contributed by atoms with Gasteiger partial charge in [-0.1, -0.05) is 30.3 Å². The molecule has 2 aromatic carbocycles. The molecule has 20 heavy (non-hydrogen) atoms. The first-order valence-corrected chi connectivity index (χ1v) is 5.86. The minimum atomic E-state index is -1.02. The van der Waals surface area contributed by atoms with Crippen LogP contribution < -0.4 is 5.32 Å². The van der Waals surface area contributed by atoms with Crippen molar-refractivity contribution in [3.05, 3.63) is 70.3 Å². The maximum atomic E-state index is 11.3. The average Bonchev–Trinajstić information content (AvgIpc) is 2.46. The van der Waals surface area contributed by atoms with Crippen LogP contribution in [0.3, 0.4) is 0 Å². The zero-order chi connectivity index (χ0) is 14.5. The van der Waals surface area contributed by atoms with Gasteiger partial charge in [0.05, 0.1) is 4.92 Å². The summed E-state index contributed by atoms with van der Waals surface area (Å²) < 4.78 is 0. The van der Waals surface area contributed by atoms with Crippen LogP contribution in [0.25, 0.3) is 0 Å². The van der Waals surface area contributed by atoms with E-state index < -0.39 is 16.9 Å². The molecule has 0 spiro atoms. The number of carbonyl (C=O) groups is 1. The van der Waals surface area contributed by atoms with Crippen molar-refractivity contribution < 1.29 is 14.8 Å². The van der Waals surface area contributed by atoms with Gasteiger partial charge in [-0.2, -0.15) is 0 Å². The molecule has 0 aliphatic heterocycles. The second-order valence-corrected chi connectivity index (χ2v) is 4.13. The second kappa shape index (κ2) is 5.83. The summed E-state index contributed by atoms with van der Waals surface area (Å²) in [5, 5.41) is 22.7. The quantitative estimate of drug-likeness (QED) is 0.645. The van der Waals surface area contributed by atoms with E-state index in [4.69, 9.17) is 0 Å². The van der Waals surface area contributed by atoms with Crippen LogP contribution in [0, 0.1) is 10.1 Å². The predicted molar refractivity (Wildman–Crippen MR) is 73.5 cm³/mol. The van der Waals surface area contributed by atoms with Gasteiger partial charge in [0.25, 0.3) is 5.69 Å². The molecular weight excluding hydrogens is 260 g/mol. The number of aliphatic carboxylic acids is 1. The van der Waals surface area contributed by atoms with Gasteiger partial charge in [0.2, 0.25) is 0 Å². The molecule has 0 saturated carbocycles. The lowest BCUT2D eigenvalue weighted by molar-refractivity contribution is -0.384. The van der Waals surface area contributed by atoms with Crippen molar-refractivity contribution in [3.8, 4) is 0 Å². The molecule has 0 bridgehead atoms. The predicted octanol–water partition coefficient (Wildman–Crippen LogP) is 2.83. The smallest absolute Gasteiger partial charge is 0.330 e. The van der Waals surface area contributed by atoms with Crippen molar-refractivity contribution in [3.63, 3.8) is 0 Å². The molecule has 1 atom stereocenters. The molecule has 2 rings (SSSR count). The molecule has 0 saturated heterocycles. The number of nitrogens with zero attached hydrogens (tertiary/aromatic N) is 1. The number of benzene rings is 2. The molecule has 2 aromatic rings. The molecule has 0 radical (unpaired) electrons. The number of hydrogen-bond donors (Lipinski definition) is 2. The molecule has 0 aliphatic carbocycles. The maximum Gasteiger partial charge on any atom is 0.330 e. The summed E-state index contributed by atoms with van der Waals surface area (Å²) in [5.74, 6) is -1.02. The maximum absolute atomic E-state index is 11.3. The van der Waals surface area contributed by atoms with E-state index in [0.29, 0.717) is 11.3 Å². The van der Waals surface area contributed by atoms with E-state index in [1.165, 1.54) is 24.3 Å². The number of non-ortho nitro benzene ring substituents is 1. The fourth-order valence-corrected chi connectivity index (χ4v) is 1.78. The Kier molecular flexibility index (Phi) is 3.95. The first-order valence-electron chi connectivity index (χ1n) is 5.86. The van der Waals surface area contributed by atoms with Gasteiger partial charge in [0.1, 0.15) is 0 Å². The summed E-state index contributed by atoms with van der Waals surface area (Å²) in [4.78, 5) is 21.4. The Bertz CT molecular complexity index is 611. The zero-order valence-electron chi connectivity index (χ0n) is 10.4. The summed E-state index contributed by atoms with van der Waals surface area (Å²) in [6, 6.07) is 13.4. The molecule has 2 N–H and O–H groups in total. The zero-order valence-corrected chi connectivity index (χ0v) is 10.4. The van der Waals surface area contributed by atoms with Gasteiger partial charge in [-0.3, -0.25) is 10.1 Å². The molecule has 0 heterocycles. The number of carboxylic acid groups (broad SMARTS) is 1. The fourth-order valence-electron chi connectivity index (χ4n) is 1.78. The van der Waals surface area contributed by atoms with Crippen LogP contribution in [0.1, 0.15) is 11.6 Å². The Morgan fingerprint density at radius 2 is 1.70 bits per heavy atom. The Morgan fingerprint density at radius 3 is 2.20 bits per heavy atom. The van der Waals surface area contributed by atoms with Crippen LogP contribution >= 0.6 is 0 Å². The van der Waals surface area contributed by atoms with E-state index in [-0.39, 0.29) is 5.69 Å². The monoisotopic (exact) mass is 272 g/mol. The third-order valence-corrected chi connectivity index (χ3v) is 2.77. The van der Waals surface area contributed by atoms with Crippen LogP contribution in [0.15, 0.2) is 54.6 Å². The van der Waals surface area contributed by atoms with E-state index in [1.807, 2.05) is 0 Å². The number of nitro groups is 1. The van der Waals surface area contributed by atoms with Crippen molar-refractivity contribution in [2.75, 3.05) is 5.32 Å². The van der Waals surface area contributed by atoms with E-state index >= 15 is 0 Å². The van der Waals surface area contributed by atoms with Gasteiger partial charge in [-0.15, -0.1) is 0 Å². The van der Waals surface area contributed by atoms with E-state index in [0.717, 1.165) is 0 Å². The van der Waals surface area contributed by atoms with E-state index in [1.54, 1.807) is 30.3 Å². The summed E-state index contributed by atoms with van der Waals surface area (Å²) >= 11 is 0. The topological polar surface area (TPSA) is 92.5 Å². The van der Waals surface area contributed by atoms with Crippen molar-refractivity contribution in [2.45, 2.75) is 6.04 Å². The first kappa shape index (κ1) is 13.5. The first-order chi connectivity index (χ1) is 9.58. The number of nitrogens with one attached hydrogen (secondary N) is 1. The Hall–Kier alpha value is -2.89. The van der Waals surface area contributed by atoms with E-state index in [2.05, 4.69) is 5.32 Å². The second-order valence-electron chi connectivity index (χ2n) is 4.13. The molecule has 0 aromatic heterocycles. The molecular formula is C14H12N2O4. The van der Waals surface area contributed by atoms with E-state index in [9.17, 15) is 20.0 Å². The highest BCUT2D eigenvalue weighted by atomic mass is 16.6. The molecule has 6 nitrogen and oxygen atoms in total. The molecule has 0 fully saturated rings. The van der Waals surface area contributed by atoms with Crippen molar-refractivity contribution >= 4 is 17.3 Å². The van der Waals surface area contributed by atoms with Gasteiger partial charge in [-0.25, -0.2) is 4.79 Å². The Morgan fingerprint density at radius 1 is 1.10 bits per heavy atom. The normalized spacial score (nSPS) is 11.6. The molecule has 6 heteroatoms. The highest BCUT2D eigenvalue weighted by molar-refractivity contribution is 5.79. The van der Waals surface area contributed by atoms with Crippen LogP contribution in [-0.2, 0) is 4.79 Å². The standard InChI is InChI=1S/C14H12N2O4/c17-14(18)13(10-4-2-1-3-5-10)15-11-6-8-12(9-7-11)16(19)20/h1-9,13,15H,(H,17,18). The van der Waals surface area contributed by atoms with Gasteiger partial charge in [0.15, 0.2) is 6.04 Å². The van der Waals surface area contributed by atoms with Crippen LogP contribution in [-0.4, -0.2) is 16.0 Å². The Balaban J connectivity index is 2.21. The van der Waals surface area contributed by atoms with Crippen molar-refractivity contribution in [2.24, 2.45) is 0 Å².